The lowest BCUT2D eigenvalue weighted by molar-refractivity contribution is -0.137. The zero-order valence-corrected chi connectivity index (χ0v) is 17.2. The molecule has 0 atom stereocenters. The van der Waals surface area contributed by atoms with Gasteiger partial charge in [0, 0.05) is 29.8 Å². The average Bonchev–Trinajstić information content (AvgIpc) is 2.92. The highest BCUT2D eigenvalue weighted by atomic mass is 32.1. The van der Waals surface area contributed by atoms with E-state index in [0.717, 1.165) is 12.0 Å². The molecule has 1 aliphatic rings. The Morgan fingerprint density at radius 3 is 2.82 bits per heavy atom. The number of allylic oxidation sites excluding steroid dienone is 1. The molecule has 6 nitrogen and oxygen atoms in total. The second-order valence-corrected chi connectivity index (χ2v) is 8.17. The molecule has 0 saturated carbocycles. The number of aliphatic carboxylic acids is 1. The van der Waals surface area contributed by atoms with Crippen molar-refractivity contribution in [2.45, 2.75) is 39.7 Å². The normalized spacial score (nSPS) is 14.9. The van der Waals surface area contributed by atoms with Crippen LogP contribution in [0.15, 0.2) is 28.8 Å². The van der Waals surface area contributed by atoms with Gasteiger partial charge in [-0.2, -0.15) is 0 Å². The highest BCUT2D eigenvalue weighted by molar-refractivity contribution is 7.73. The molecule has 2 heterocycles. The summed E-state index contributed by atoms with van der Waals surface area (Å²) < 4.78 is 1.93. The summed E-state index contributed by atoms with van der Waals surface area (Å²) in [5.41, 5.74) is 3.27. The number of carbonyl (C=O) groups is 2. The number of ketones is 1. The van der Waals surface area contributed by atoms with Crippen molar-refractivity contribution in [2.75, 3.05) is 0 Å². The van der Waals surface area contributed by atoms with Gasteiger partial charge in [-0.15, -0.1) is 11.3 Å². The van der Waals surface area contributed by atoms with Crippen molar-refractivity contribution in [3.05, 3.63) is 43.7 Å². The topological polar surface area (TPSA) is 91.9 Å². The minimum Gasteiger partial charge on any atom is -0.493 e. The van der Waals surface area contributed by atoms with Gasteiger partial charge in [0.1, 0.15) is 0 Å². The van der Waals surface area contributed by atoms with E-state index in [1.54, 1.807) is 13.0 Å². The summed E-state index contributed by atoms with van der Waals surface area (Å²) in [7, 11) is 0. The van der Waals surface area contributed by atoms with Crippen LogP contribution in [-0.2, 0) is 17.8 Å². The van der Waals surface area contributed by atoms with Crippen LogP contribution in [0.5, 0.6) is 5.88 Å². The average molecular weight is 417 g/mol. The highest BCUT2D eigenvalue weighted by Gasteiger charge is 2.24. The van der Waals surface area contributed by atoms with Crippen molar-refractivity contribution in [2.24, 2.45) is 4.99 Å². The molecule has 146 valence electrons. The first-order valence-electron chi connectivity index (χ1n) is 8.91. The van der Waals surface area contributed by atoms with Gasteiger partial charge in [-0.05, 0) is 55.8 Å². The van der Waals surface area contributed by atoms with Gasteiger partial charge in [0.2, 0.25) is 5.88 Å². The molecule has 0 aliphatic carbocycles. The van der Waals surface area contributed by atoms with E-state index in [1.807, 2.05) is 25.1 Å². The Bertz CT molecular complexity index is 1080. The Morgan fingerprint density at radius 2 is 2.14 bits per heavy atom. The molecule has 0 saturated heterocycles. The molecule has 0 spiro atoms. The fraction of sp³-hybridized carbons (Fsp3) is 0.300. The first kappa shape index (κ1) is 20.2. The van der Waals surface area contributed by atoms with E-state index < -0.39 is 5.97 Å². The molecule has 2 aromatic rings. The number of aliphatic imine (C=N–C) groups is 1. The fourth-order valence-electron chi connectivity index (χ4n) is 3.03. The van der Waals surface area contributed by atoms with Crippen molar-refractivity contribution >= 4 is 52.8 Å². The van der Waals surface area contributed by atoms with Gasteiger partial charge >= 0.3 is 5.97 Å². The first-order chi connectivity index (χ1) is 13.3. The number of thiazole rings is 1. The van der Waals surface area contributed by atoms with Crippen molar-refractivity contribution in [1.82, 2.24) is 4.57 Å². The first-order valence-corrected chi connectivity index (χ1v) is 10.1. The molecule has 3 rings (SSSR count). The third-order valence-electron chi connectivity index (χ3n) is 4.58. The number of carbonyl (C=O) groups excluding carboxylic acids is 1. The Morgan fingerprint density at radius 1 is 1.39 bits per heavy atom. The summed E-state index contributed by atoms with van der Waals surface area (Å²) in [4.78, 5) is 28.7. The number of fused-ring (bicyclic) bond motifs is 1. The molecule has 1 aromatic heterocycles. The van der Waals surface area contributed by atoms with Gasteiger partial charge in [0.15, 0.2) is 9.74 Å². The van der Waals surface area contributed by atoms with Crippen LogP contribution in [0.25, 0.3) is 6.08 Å². The number of aryl methyl sites for hydroxylation is 1. The largest absolute Gasteiger partial charge is 0.493 e. The van der Waals surface area contributed by atoms with Gasteiger partial charge in [0.25, 0.3) is 0 Å². The summed E-state index contributed by atoms with van der Waals surface area (Å²) in [6.07, 6.45) is 2.79. The molecule has 28 heavy (non-hydrogen) atoms. The van der Waals surface area contributed by atoms with Crippen LogP contribution in [0.1, 0.15) is 47.5 Å². The number of rotatable bonds is 6. The van der Waals surface area contributed by atoms with Crippen LogP contribution in [0.3, 0.4) is 0 Å². The predicted octanol–water partition coefficient (Wildman–Crippen LogP) is 4.78. The third-order valence-corrected chi connectivity index (χ3v) is 5.96. The van der Waals surface area contributed by atoms with E-state index in [9.17, 15) is 14.7 Å². The number of Topliss-reactive ketones (excluding diaryl/α,β-unsaturated/α-hetero) is 1. The molecule has 1 aromatic carbocycles. The number of nitrogens with zero attached hydrogens (tertiary/aromatic N) is 2. The summed E-state index contributed by atoms with van der Waals surface area (Å²) in [6.45, 7) is 4.10. The molecule has 0 fully saturated rings. The van der Waals surface area contributed by atoms with Crippen LogP contribution in [0, 0.1) is 3.95 Å². The van der Waals surface area contributed by atoms with Crippen LogP contribution in [0.2, 0.25) is 0 Å². The summed E-state index contributed by atoms with van der Waals surface area (Å²) >= 11 is 6.47. The Hall–Kier alpha value is -2.58. The molecule has 0 radical (unpaired) electrons. The predicted molar refractivity (Wildman–Crippen MR) is 113 cm³/mol. The third kappa shape index (κ3) is 3.98. The van der Waals surface area contributed by atoms with Crippen molar-refractivity contribution < 1.29 is 19.8 Å². The molecule has 8 heteroatoms. The number of benzene rings is 1. The number of carboxylic acid groups (broad SMARTS) is 1. The monoisotopic (exact) mass is 416 g/mol. The lowest BCUT2D eigenvalue weighted by Crippen LogP contribution is -2.15. The van der Waals surface area contributed by atoms with E-state index >= 15 is 0 Å². The van der Waals surface area contributed by atoms with Crippen molar-refractivity contribution in [3.63, 3.8) is 0 Å². The van der Waals surface area contributed by atoms with Crippen LogP contribution >= 0.6 is 23.6 Å². The van der Waals surface area contributed by atoms with Gasteiger partial charge in [-0.3, -0.25) is 19.1 Å². The van der Waals surface area contributed by atoms with Crippen LogP contribution in [0.4, 0.5) is 5.69 Å². The minimum absolute atomic E-state index is 0.00567. The minimum atomic E-state index is -0.895. The van der Waals surface area contributed by atoms with Gasteiger partial charge < -0.3 is 10.2 Å². The van der Waals surface area contributed by atoms with Gasteiger partial charge in [-0.25, -0.2) is 0 Å². The van der Waals surface area contributed by atoms with E-state index in [-0.39, 0.29) is 18.1 Å². The number of hydrogen-bond acceptors (Lipinski definition) is 6. The second-order valence-electron chi connectivity index (χ2n) is 6.49. The maximum Gasteiger partial charge on any atom is 0.303 e. The Balaban J connectivity index is 1.96. The van der Waals surface area contributed by atoms with Gasteiger partial charge in [-0.1, -0.05) is 13.0 Å². The van der Waals surface area contributed by atoms with Gasteiger partial charge in [0.05, 0.1) is 10.6 Å². The van der Waals surface area contributed by atoms with Crippen molar-refractivity contribution in [1.29, 1.82) is 0 Å². The maximum absolute atomic E-state index is 13.0. The van der Waals surface area contributed by atoms with Crippen LogP contribution in [-0.4, -0.2) is 32.2 Å². The quantitative estimate of drug-likeness (QED) is 0.522. The SMILES string of the molecule is CCc1ccc2c(c1)C(=O)C(=Cc1sc(=S)n(CCCC(=O)O)c1O)C(C)=N2. The molecule has 0 unspecified atom stereocenters. The molecular weight excluding hydrogens is 396 g/mol. The fourth-order valence-corrected chi connectivity index (χ4v) is 4.33. The Labute approximate surface area is 171 Å². The smallest absolute Gasteiger partial charge is 0.303 e. The maximum atomic E-state index is 13.0. The van der Waals surface area contributed by atoms with Crippen LogP contribution < -0.4 is 0 Å². The number of aromatic nitrogens is 1. The standard InChI is InChI=1S/C20H20N2O4S2/c1-3-12-6-7-15-14(9-12)18(25)13(11(2)21-15)10-16-19(26)22(20(27)28-16)8-4-5-17(23)24/h6-7,9-10,26H,3-5,8H2,1-2H3,(H,23,24). The summed E-state index contributed by atoms with van der Waals surface area (Å²) in [5, 5.41) is 19.3. The zero-order chi connectivity index (χ0) is 20.4. The van der Waals surface area contributed by atoms with Crippen molar-refractivity contribution in [3.8, 4) is 5.88 Å². The molecular formula is C20H20N2O4S2. The zero-order valence-electron chi connectivity index (χ0n) is 15.6. The lowest BCUT2D eigenvalue weighted by atomic mass is 9.93. The molecule has 0 amide bonds. The number of aromatic hydroxyl groups is 1. The lowest BCUT2D eigenvalue weighted by Gasteiger charge is -2.16. The van der Waals surface area contributed by atoms with E-state index in [4.69, 9.17) is 17.3 Å². The van der Waals surface area contributed by atoms with E-state index in [2.05, 4.69) is 4.99 Å². The molecule has 0 bridgehead atoms. The van der Waals surface area contributed by atoms with E-state index in [1.165, 1.54) is 15.9 Å². The summed E-state index contributed by atoms with van der Waals surface area (Å²) in [6, 6.07) is 5.68. The molecule has 1 aliphatic heterocycles. The number of carboxylic acids is 1. The number of hydrogen-bond donors (Lipinski definition) is 2. The second kappa shape index (κ2) is 8.20. The van der Waals surface area contributed by atoms with E-state index in [0.29, 0.717) is 44.3 Å². The Kier molecular flexibility index (Phi) is 5.90. The summed E-state index contributed by atoms with van der Waals surface area (Å²) in [5.74, 6) is -1.08. The highest BCUT2D eigenvalue weighted by Crippen LogP contribution is 2.34. The molecule has 2 N–H and O–H groups in total.